The van der Waals surface area contributed by atoms with Gasteiger partial charge in [-0.25, -0.2) is 0 Å². The number of aromatic amines is 1. The molecule has 0 spiro atoms. The molecule has 2 aliphatic rings. The third kappa shape index (κ3) is 4.25. The molecule has 0 unspecified atom stereocenters. The van der Waals surface area contributed by atoms with E-state index >= 15 is 0 Å². The van der Waals surface area contributed by atoms with Gasteiger partial charge >= 0.3 is 0 Å². The van der Waals surface area contributed by atoms with Crippen LogP contribution in [-0.4, -0.2) is 64.2 Å². The number of methoxy groups -OCH3 is 2. The summed E-state index contributed by atoms with van der Waals surface area (Å²) in [7, 11) is 3.14. The predicted octanol–water partition coefficient (Wildman–Crippen LogP) is 2.83. The first-order chi connectivity index (χ1) is 15.0. The predicted molar refractivity (Wildman–Crippen MR) is 115 cm³/mol. The topological polar surface area (TPSA) is 114 Å². The Hall–Kier alpha value is -3.01. The van der Waals surface area contributed by atoms with Gasteiger partial charge in [-0.05, 0) is 37.1 Å². The third-order valence-electron chi connectivity index (χ3n) is 5.67. The summed E-state index contributed by atoms with van der Waals surface area (Å²) in [6, 6.07) is 6.39. The lowest BCUT2D eigenvalue weighted by Gasteiger charge is -2.36. The largest absolute Gasteiger partial charge is 0.497 e. The molecule has 2 N–H and O–H groups in total. The van der Waals surface area contributed by atoms with Gasteiger partial charge in [0.2, 0.25) is 5.91 Å². The molecule has 31 heavy (non-hydrogen) atoms. The van der Waals surface area contributed by atoms with Crippen LogP contribution in [0.5, 0.6) is 11.5 Å². The molecule has 1 saturated heterocycles. The van der Waals surface area contributed by atoms with Gasteiger partial charge < -0.3 is 14.8 Å². The third-order valence-corrected chi connectivity index (χ3v) is 6.50. The van der Waals surface area contributed by atoms with Crippen molar-refractivity contribution in [2.24, 2.45) is 0 Å². The minimum absolute atomic E-state index is 0.169. The lowest BCUT2D eigenvalue weighted by atomic mass is 9.89. The standard InChI is InChI=1S/C21H24N4O5S/c1-29-12-7-8-18(30-2)13(9-12)15-10-16(24-23-15)20(27)22-14-5-3-4-6-17(14)25-19(26)11-31-21(25)28/h7-10,14,17H,3-6,11H2,1-2H3,(H,22,27)(H,23,24)/t14-,17-/m0/s1. The molecule has 2 fully saturated rings. The van der Waals surface area contributed by atoms with Crippen LogP contribution in [0.4, 0.5) is 4.79 Å². The summed E-state index contributed by atoms with van der Waals surface area (Å²) in [6.45, 7) is 0. The molecule has 3 amide bonds. The van der Waals surface area contributed by atoms with Crippen LogP contribution < -0.4 is 14.8 Å². The normalized spacial score (nSPS) is 21.3. The second-order valence-electron chi connectivity index (χ2n) is 7.48. The van der Waals surface area contributed by atoms with E-state index in [1.807, 2.05) is 0 Å². The van der Waals surface area contributed by atoms with Crippen molar-refractivity contribution in [2.45, 2.75) is 37.8 Å². The smallest absolute Gasteiger partial charge is 0.289 e. The Morgan fingerprint density at radius 3 is 2.71 bits per heavy atom. The molecule has 1 saturated carbocycles. The molecule has 1 aliphatic carbocycles. The van der Waals surface area contributed by atoms with Crippen LogP contribution in [0.15, 0.2) is 24.3 Å². The number of carbonyl (C=O) groups is 3. The Kier molecular flexibility index (Phi) is 6.17. The van der Waals surface area contributed by atoms with Crippen molar-refractivity contribution in [3.63, 3.8) is 0 Å². The van der Waals surface area contributed by atoms with E-state index in [0.29, 0.717) is 35.6 Å². The molecule has 0 radical (unpaired) electrons. The molecule has 9 nitrogen and oxygen atoms in total. The first-order valence-electron chi connectivity index (χ1n) is 10.1. The van der Waals surface area contributed by atoms with Crippen molar-refractivity contribution in [1.82, 2.24) is 20.4 Å². The highest BCUT2D eigenvalue weighted by molar-refractivity contribution is 8.14. The van der Waals surface area contributed by atoms with Crippen molar-refractivity contribution >= 4 is 28.8 Å². The summed E-state index contributed by atoms with van der Waals surface area (Å²) in [4.78, 5) is 38.6. The molecule has 1 aromatic carbocycles. The van der Waals surface area contributed by atoms with Gasteiger partial charge in [0.05, 0.1) is 37.8 Å². The number of thioether (sulfide) groups is 1. The Labute approximate surface area is 183 Å². The average molecular weight is 445 g/mol. The van der Waals surface area contributed by atoms with Gasteiger partial charge in [0, 0.05) is 5.56 Å². The van der Waals surface area contributed by atoms with E-state index in [-0.39, 0.29) is 40.6 Å². The number of aromatic nitrogens is 2. The van der Waals surface area contributed by atoms with Crippen LogP contribution in [0.1, 0.15) is 36.2 Å². The van der Waals surface area contributed by atoms with Crippen molar-refractivity contribution < 1.29 is 23.9 Å². The van der Waals surface area contributed by atoms with Gasteiger partial charge in [-0.2, -0.15) is 5.10 Å². The highest BCUT2D eigenvalue weighted by Gasteiger charge is 2.41. The fourth-order valence-electron chi connectivity index (χ4n) is 4.11. The lowest BCUT2D eigenvalue weighted by Crippen LogP contribution is -2.54. The molecule has 4 rings (SSSR count). The maximum absolute atomic E-state index is 12.9. The monoisotopic (exact) mass is 444 g/mol. The number of benzene rings is 1. The summed E-state index contributed by atoms with van der Waals surface area (Å²) < 4.78 is 10.7. The average Bonchev–Trinajstić information content (AvgIpc) is 3.41. The van der Waals surface area contributed by atoms with E-state index in [9.17, 15) is 14.4 Å². The van der Waals surface area contributed by atoms with Crippen LogP contribution in [0.3, 0.4) is 0 Å². The number of nitrogens with one attached hydrogen (secondary N) is 2. The second-order valence-corrected chi connectivity index (χ2v) is 8.41. The Morgan fingerprint density at radius 2 is 2.00 bits per heavy atom. The number of carbonyl (C=O) groups excluding carboxylic acids is 3. The maximum Gasteiger partial charge on any atom is 0.289 e. The maximum atomic E-state index is 12.9. The first-order valence-corrected chi connectivity index (χ1v) is 11.1. The van der Waals surface area contributed by atoms with Gasteiger partial charge in [0.25, 0.3) is 11.1 Å². The van der Waals surface area contributed by atoms with Crippen molar-refractivity contribution in [3.05, 3.63) is 30.0 Å². The zero-order chi connectivity index (χ0) is 22.0. The second kappa shape index (κ2) is 9.01. The number of rotatable bonds is 6. The van der Waals surface area contributed by atoms with Crippen LogP contribution >= 0.6 is 11.8 Å². The fourth-order valence-corrected chi connectivity index (χ4v) is 4.87. The summed E-state index contributed by atoms with van der Waals surface area (Å²) in [5.41, 5.74) is 1.53. The highest BCUT2D eigenvalue weighted by atomic mass is 32.2. The summed E-state index contributed by atoms with van der Waals surface area (Å²) >= 11 is 1.02. The van der Waals surface area contributed by atoms with Crippen LogP contribution in [0.2, 0.25) is 0 Å². The quantitative estimate of drug-likeness (QED) is 0.704. The number of nitrogens with zero attached hydrogens (tertiary/aromatic N) is 2. The molecular formula is C21H24N4O5S. The zero-order valence-electron chi connectivity index (χ0n) is 17.3. The number of amides is 3. The number of hydrogen-bond acceptors (Lipinski definition) is 7. The molecule has 1 aromatic heterocycles. The van der Waals surface area contributed by atoms with Crippen molar-refractivity contribution in [2.75, 3.05) is 20.0 Å². The number of H-pyrrole nitrogens is 1. The van der Waals surface area contributed by atoms with Gasteiger partial charge in [0.15, 0.2) is 0 Å². The molecule has 2 atom stereocenters. The van der Waals surface area contributed by atoms with E-state index in [4.69, 9.17) is 9.47 Å². The zero-order valence-corrected chi connectivity index (χ0v) is 18.2. The van der Waals surface area contributed by atoms with Gasteiger partial charge in [-0.15, -0.1) is 0 Å². The van der Waals surface area contributed by atoms with E-state index < -0.39 is 0 Å². The van der Waals surface area contributed by atoms with Crippen molar-refractivity contribution in [1.29, 1.82) is 0 Å². The number of imide groups is 1. The molecule has 2 aromatic rings. The highest BCUT2D eigenvalue weighted by Crippen LogP contribution is 2.33. The first kappa shape index (κ1) is 21.2. The van der Waals surface area contributed by atoms with Crippen LogP contribution in [0.25, 0.3) is 11.3 Å². The minimum atomic E-state index is -0.329. The molecule has 1 aliphatic heterocycles. The molecular weight excluding hydrogens is 420 g/mol. The van der Waals surface area contributed by atoms with Crippen LogP contribution in [-0.2, 0) is 4.79 Å². The summed E-state index contributed by atoms with van der Waals surface area (Å²) in [5, 5.41) is 9.80. The number of hydrogen-bond donors (Lipinski definition) is 2. The summed E-state index contributed by atoms with van der Waals surface area (Å²) in [6.07, 6.45) is 3.25. The molecule has 0 bridgehead atoms. The Balaban J connectivity index is 1.52. The van der Waals surface area contributed by atoms with Crippen LogP contribution in [0, 0.1) is 0 Å². The van der Waals surface area contributed by atoms with E-state index in [2.05, 4.69) is 15.5 Å². The fraction of sp³-hybridized carbons (Fsp3) is 0.429. The summed E-state index contributed by atoms with van der Waals surface area (Å²) in [5.74, 6) is 0.907. The van der Waals surface area contributed by atoms with Crippen molar-refractivity contribution in [3.8, 4) is 22.8 Å². The van der Waals surface area contributed by atoms with Gasteiger partial charge in [-0.3, -0.25) is 24.4 Å². The lowest BCUT2D eigenvalue weighted by molar-refractivity contribution is -0.127. The van der Waals surface area contributed by atoms with E-state index in [0.717, 1.165) is 24.6 Å². The molecule has 10 heteroatoms. The number of ether oxygens (including phenoxy) is 2. The van der Waals surface area contributed by atoms with Gasteiger partial charge in [0.1, 0.15) is 17.2 Å². The SMILES string of the molecule is COc1ccc(OC)c(-c2cc(C(=O)N[C@H]3CCCC[C@@H]3N3C(=O)CSC3=O)[nH]n2)c1. The van der Waals surface area contributed by atoms with E-state index in [1.165, 1.54) is 4.90 Å². The van der Waals surface area contributed by atoms with E-state index in [1.54, 1.807) is 38.5 Å². The molecule has 2 heterocycles. The van der Waals surface area contributed by atoms with Gasteiger partial charge in [-0.1, -0.05) is 24.6 Å². The molecule has 164 valence electrons. The Bertz CT molecular complexity index is 991. The minimum Gasteiger partial charge on any atom is -0.497 e. The Morgan fingerprint density at radius 1 is 1.19 bits per heavy atom.